The second-order valence-electron chi connectivity index (χ2n) is 4.90. The first kappa shape index (κ1) is 17.2. The topological polar surface area (TPSA) is 41.4 Å². The lowest BCUT2D eigenvalue weighted by atomic mass is 10.3. The van der Waals surface area contributed by atoms with E-state index in [1.807, 2.05) is 42.3 Å². The van der Waals surface area contributed by atoms with Gasteiger partial charge in [0.05, 0.1) is 22.4 Å². The normalized spacial score (nSPS) is 11.2. The molecule has 114 valence electrons. The predicted molar refractivity (Wildman–Crippen MR) is 84.6 cm³/mol. The van der Waals surface area contributed by atoms with Crippen LogP contribution < -0.4 is 0 Å². The lowest BCUT2D eigenvalue weighted by Gasteiger charge is -2.23. The number of halogens is 1. The molecule has 1 amide bonds. The SMILES string of the molecule is CCN(CC)C(=O)CN(C)Cc1c(Br)c(C)nn1CC. The van der Waals surface area contributed by atoms with E-state index < -0.39 is 0 Å². The summed E-state index contributed by atoms with van der Waals surface area (Å²) in [5.74, 6) is 0.174. The van der Waals surface area contributed by atoms with Crippen molar-refractivity contribution in [3.05, 3.63) is 15.9 Å². The molecule has 0 spiro atoms. The van der Waals surface area contributed by atoms with E-state index in [2.05, 4.69) is 28.0 Å². The van der Waals surface area contributed by atoms with Crippen LogP contribution in [0.15, 0.2) is 4.47 Å². The van der Waals surface area contributed by atoms with Crippen molar-refractivity contribution in [2.75, 3.05) is 26.7 Å². The Hall–Kier alpha value is -0.880. The van der Waals surface area contributed by atoms with E-state index in [0.29, 0.717) is 13.1 Å². The molecule has 0 bridgehead atoms. The maximum Gasteiger partial charge on any atom is 0.236 e. The molecule has 0 saturated heterocycles. The van der Waals surface area contributed by atoms with Crippen molar-refractivity contribution in [2.45, 2.75) is 40.8 Å². The largest absolute Gasteiger partial charge is 0.342 e. The number of carbonyl (C=O) groups is 1. The van der Waals surface area contributed by atoms with E-state index >= 15 is 0 Å². The van der Waals surface area contributed by atoms with Crippen LogP contribution in [0, 0.1) is 6.92 Å². The average Bonchev–Trinajstić information content (AvgIpc) is 2.67. The number of carbonyl (C=O) groups excluding carboxylic acids is 1. The molecule has 5 nitrogen and oxygen atoms in total. The molecule has 6 heteroatoms. The Morgan fingerprint density at radius 3 is 2.40 bits per heavy atom. The van der Waals surface area contributed by atoms with Crippen molar-refractivity contribution in [1.82, 2.24) is 19.6 Å². The third-order valence-electron chi connectivity index (χ3n) is 3.39. The third kappa shape index (κ3) is 4.06. The Kier molecular flexibility index (Phi) is 6.68. The smallest absolute Gasteiger partial charge is 0.236 e. The number of amides is 1. The van der Waals surface area contributed by atoms with E-state index in [-0.39, 0.29) is 5.91 Å². The number of rotatable bonds is 7. The summed E-state index contributed by atoms with van der Waals surface area (Å²) in [7, 11) is 1.97. The van der Waals surface area contributed by atoms with Crippen molar-refractivity contribution in [1.29, 1.82) is 0 Å². The van der Waals surface area contributed by atoms with Gasteiger partial charge < -0.3 is 4.90 Å². The zero-order valence-corrected chi connectivity index (χ0v) is 14.7. The molecule has 0 fully saturated rings. The summed E-state index contributed by atoms with van der Waals surface area (Å²) in [5.41, 5.74) is 2.12. The van der Waals surface area contributed by atoms with Crippen LogP contribution in [-0.4, -0.2) is 52.2 Å². The molecular weight excluding hydrogens is 320 g/mol. The third-order valence-corrected chi connectivity index (χ3v) is 4.43. The number of hydrogen-bond donors (Lipinski definition) is 0. The molecule has 0 aromatic carbocycles. The van der Waals surface area contributed by atoms with Gasteiger partial charge in [-0.15, -0.1) is 0 Å². The molecule has 1 aromatic heterocycles. The highest BCUT2D eigenvalue weighted by atomic mass is 79.9. The van der Waals surface area contributed by atoms with Crippen molar-refractivity contribution in [3.8, 4) is 0 Å². The van der Waals surface area contributed by atoms with Gasteiger partial charge in [0.1, 0.15) is 0 Å². The van der Waals surface area contributed by atoms with Gasteiger partial charge >= 0.3 is 0 Å². The molecule has 1 heterocycles. The van der Waals surface area contributed by atoms with Crippen LogP contribution in [0.4, 0.5) is 0 Å². The number of likely N-dealkylation sites (N-methyl/N-ethyl adjacent to an activating group) is 2. The van der Waals surface area contributed by atoms with Gasteiger partial charge in [-0.05, 0) is 50.7 Å². The summed E-state index contributed by atoms with van der Waals surface area (Å²) in [5, 5.41) is 4.48. The van der Waals surface area contributed by atoms with Crippen molar-refractivity contribution in [2.24, 2.45) is 0 Å². The molecule has 0 radical (unpaired) electrons. The predicted octanol–water partition coefficient (Wildman–Crippen LogP) is 2.27. The average molecular weight is 345 g/mol. The van der Waals surface area contributed by atoms with Crippen molar-refractivity contribution < 1.29 is 4.79 Å². The summed E-state index contributed by atoms with van der Waals surface area (Å²) < 4.78 is 3.03. The van der Waals surface area contributed by atoms with Gasteiger partial charge in [-0.2, -0.15) is 5.10 Å². The van der Waals surface area contributed by atoms with E-state index in [1.54, 1.807) is 0 Å². The van der Waals surface area contributed by atoms with Gasteiger partial charge in [0.2, 0.25) is 5.91 Å². The maximum atomic E-state index is 12.1. The van der Waals surface area contributed by atoms with Gasteiger partial charge in [0, 0.05) is 26.2 Å². The molecule has 20 heavy (non-hydrogen) atoms. The summed E-state index contributed by atoms with van der Waals surface area (Å²) in [6, 6.07) is 0. The lowest BCUT2D eigenvalue weighted by molar-refractivity contribution is -0.131. The minimum Gasteiger partial charge on any atom is -0.342 e. The molecular formula is C14H25BrN4O. The van der Waals surface area contributed by atoms with Crippen LogP contribution in [-0.2, 0) is 17.9 Å². The zero-order valence-electron chi connectivity index (χ0n) is 13.1. The Bertz CT molecular complexity index is 454. The minimum atomic E-state index is 0.174. The molecule has 0 N–H and O–H groups in total. The molecule has 0 unspecified atom stereocenters. The van der Waals surface area contributed by atoms with E-state index in [9.17, 15) is 4.79 Å². The van der Waals surface area contributed by atoms with Crippen LogP contribution >= 0.6 is 15.9 Å². The quantitative estimate of drug-likeness (QED) is 0.761. The zero-order chi connectivity index (χ0) is 15.3. The van der Waals surface area contributed by atoms with Gasteiger partial charge in [0.15, 0.2) is 0 Å². The molecule has 0 saturated carbocycles. The van der Waals surface area contributed by atoms with Crippen molar-refractivity contribution in [3.63, 3.8) is 0 Å². The van der Waals surface area contributed by atoms with Gasteiger partial charge in [0.25, 0.3) is 0 Å². The molecule has 0 atom stereocenters. The van der Waals surface area contributed by atoms with Gasteiger partial charge in [-0.25, -0.2) is 0 Å². The van der Waals surface area contributed by atoms with E-state index in [0.717, 1.165) is 35.5 Å². The molecule has 0 aliphatic carbocycles. The van der Waals surface area contributed by atoms with Crippen LogP contribution in [0.25, 0.3) is 0 Å². The molecule has 0 aliphatic heterocycles. The second kappa shape index (κ2) is 7.78. The van der Waals surface area contributed by atoms with Gasteiger partial charge in [-0.1, -0.05) is 0 Å². The molecule has 1 aromatic rings. The molecule has 0 aliphatic rings. The highest BCUT2D eigenvalue weighted by Gasteiger charge is 2.17. The fraction of sp³-hybridized carbons (Fsp3) is 0.714. The Labute approximate surface area is 130 Å². The van der Waals surface area contributed by atoms with Gasteiger partial charge in [-0.3, -0.25) is 14.4 Å². The highest BCUT2D eigenvalue weighted by molar-refractivity contribution is 9.10. The van der Waals surface area contributed by atoms with E-state index in [1.165, 1.54) is 0 Å². The first-order chi connectivity index (χ1) is 9.44. The summed E-state index contributed by atoms with van der Waals surface area (Å²) >= 11 is 3.59. The first-order valence-corrected chi connectivity index (χ1v) is 7.91. The first-order valence-electron chi connectivity index (χ1n) is 7.12. The second-order valence-corrected chi connectivity index (χ2v) is 5.69. The van der Waals surface area contributed by atoms with Crippen molar-refractivity contribution >= 4 is 21.8 Å². The Balaban J connectivity index is 2.71. The number of aryl methyl sites for hydroxylation is 2. The van der Waals surface area contributed by atoms with Crippen LogP contribution in [0.1, 0.15) is 32.2 Å². The summed E-state index contributed by atoms with van der Waals surface area (Å²) in [4.78, 5) is 16.0. The van der Waals surface area contributed by atoms with E-state index in [4.69, 9.17) is 0 Å². The summed E-state index contributed by atoms with van der Waals surface area (Å²) in [6.45, 7) is 11.6. The monoisotopic (exact) mass is 344 g/mol. The lowest BCUT2D eigenvalue weighted by Crippen LogP contribution is -2.38. The Morgan fingerprint density at radius 1 is 1.30 bits per heavy atom. The minimum absolute atomic E-state index is 0.174. The van der Waals surface area contributed by atoms with Crippen LogP contribution in [0.5, 0.6) is 0 Å². The Morgan fingerprint density at radius 2 is 1.90 bits per heavy atom. The standard InChI is InChI=1S/C14H25BrN4O/c1-6-18(7-2)13(20)10-17(5)9-12-14(15)11(4)16-19(12)8-3/h6-10H2,1-5H3. The fourth-order valence-electron chi connectivity index (χ4n) is 2.24. The number of nitrogens with zero attached hydrogens (tertiary/aromatic N) is 4. The maximum absolute atomic E-state index is 12.1. The summed E-state index contributed by atoms with van der Waals surface area (Å²) in [6.07, 6.45) is 0. The van der Waals surface area contributed by atoms with Crippen LogP contribution in [0.2, 0.25) is 0 Å². The molecule has 1 rings (SSSR count). The highest BCUT2D eigenvalue weighted by Crippen LogP contribution is 2.22. The number of hydrogen-bond acceptors (Lipinski definition) is 3. The fourth-order valence-corrected chi connectivity index (χ4v) is 2.65. The van der Waals surface area contributed by atoms with Crippen LogP contribution in [0.3, 0.4) is 0 Å². The number of aromatic nitrogens is 2.